The van der Waals surface area contributed by atoms with E-state index >= 15 is 0 Å². The van der Waals surface area contributed by atoms with Gasteiger partial charge in [0.2, 0.25) is 0 Å². The Balaban J connectivity index is 2.01. The van der Waals surface area contributed by atoms with Gasteiger partial charge in [-0.2, -0.15) is 0 Å². The first kappa shape index (κ1) is 13.0. The van der Waals surface area contributed by atoms with Crippen LogP contribution in [0.1, 0.15) is 18.4 Å². The largest absolute Gasteiger partial charge is 0.381 e. The Bertz CT molecular complexity index is 380. The van der Waals surface area contributed by atoms with Gasteiger partial charge >= 0.3 is 0 Å². The lowest BCUT2D eigenvalue weighted by Crippen LogP contribution is -2.36. The molecule has 0 saturated carbocycles. The number of ether oxygens (including phenoxy) is 1. The summed E-state index contributed by atoms with van der Waals surface area (Å²) in [6.45, 7) is 1.59. The van der Waals surface area contributed by atoms with Gasteiger partial charge in [0.15, 0.2) is 0 Å². The van der Waals surface area contributed by atoms with Gasteiger partial charge in [0.1, 0.15) is 5.82 Å². The van der Waals surface area contributed by atoms with Gasteiger partial charge in [-0.1, -0.05) is 12.1 Å². The maximum Gasteiger partial charge on any atom is 0.137 e. The second-order valence-corrected chi connectivity index (χ2v) is 5.32. The first-order chi connectivity index (χ1) is 8.18. The summed E-state index contributed by atoms with van der Waals surface area (Å²) < 4.78 is 19.2. The van der Waals surface area contributed by atoms with Crippen molar-refractivity contribution in [2.24, 2.45) is 11.7 Å². The van der Waals surface area contributed by atoms with Crippen LogP contribution in [0.5, 0.6) is 0 Å². The molecule has 1 saturated heterocycles. The Labute approximate surface area is 109 Å². The van der Waals surface area contributed by atoms with Crippen LogP contribution < -0.4 is 5.73 Å². The summed E-state index contributed by atoms with van der Waals surface area (Å²) in [6, 6.07) is 5.18. The maximum absolute atomic E-state index is 13.4. The Morgan fingerprint density at radius 1 is 1.41 bits per heavy atom. The van der Waals surface area contributed by atoms with Crippen LogP contribution in [-0.2, 0) is 11.2 Å². The molecule has 1 aromatic rings. The van der Waals surface area contributed by atoms with Crippen LogP contribution in [0.3, 0.4) is 0 Å². The molecular weight excluding hydrogens is 285 g/mol. The highest BCUT2D eigenvalue weighted by Crippen LogP contribution is 2.25. The van der Waals surface area contributed by atoms with Gasteiger partial charge in [-0.25, -0.2) is 4.39 Å². The zero-order valence-electron chi connectivity index (χ0n) is 9.66. The summed E-state index contributed by atoms with van der Waals surface area (Å²) in [5.74, 6) is 0.264. The fraction of sp³-hybridized carbons (Fsp3) is 0.538. The highest BCUT2D eigenvalue weighted by molar-refractivity contribution is 9.10. The standard InChI is InChI=1S/C13H17BrFNO/c14-13-10(2-1-3-11(13)15)8-12(16)9-4-6-17-7-5-9/h1-3,9,12H,4-8,16H2. The highest BCUT2D eigenvalue weighted by Gasteiger charge is 2.22. The molecule has 94 valence electrons. The number of benzene rings is 1. The molecular formula is C13H17BrFNO. The van der Waals surface area contributed by atoms with Crippen molar-refractivity contribution >= 4 is 15.9 Å². The number of hydrogen-bond donors (Lipinski definition) is 1. The van der Waals surface area contributed by atoms with Crippen LogP contribution in [-0.4, -0.2) is 19.3 Å². The van der Waals surface area contributed by atoms with Crippen LogP contribution in [0.25, 0.3) is 0 Å². The summed E-state index contributed by atoms with van der Waals surface area (Å²) in [6.07, 6.45) is 2.73. The van der Waals surface area contributed by atoms with Crippen molar-refractivity contribution in [2.75, 3.05) is 13.2 Å². The molecule has 1 aliphatic rings. The first-order valence-corrected chi connectivity index (χ1v) is 6.74. The van der Waals surface area contributed by atoms with Gasteiger partial charge in [-0.15, -0.1) is 0 Å². The normalized spacial score (nSPS) is 19.2. The Morgan fingerprint density at radius 3 is 2.82 bits per heavy atom. The van der Waals surface area contributed by atoms with E-state index in [0.29, 0.717) is 16.8 Å². The van der Waals surface area contributed by atoms with Crippen molar-refractivity contribution in [3.05, 3.63) is 34.1 Å². The first-order valence-electron chi connectivity index (χ1n) is 5.94. The third-order valence-corrected chi connectivity index (χ3v) is 4.25. The van der Waals surface area contributed by atoms with Gasteiger partial charge in [0.25, 0.3) is 0 Å². The SMILES string of the molecule is NC(Cc1cccc(F)c1Br)C1CCOCC1. The average molecular weight is 302 g/mol. The van der Waals surface area contributed by atoms with E-state index in [0.717, 1.165) is 31.6 Å². The van der Waals surface area contributed by atoms with Gasteiger partial charge < -0.3 is 10.5 Å². The highest BCUT2D eigenvalue weighted by atomic mass is 79.9. The minimum Gasteiger partial charge on any atom is -0.381 e. The van der Waals surface area contributed by atoms with Crippen LogP contribution >= 0.6 is 15.9 Å². The summed E-state index contributed by atoms with van der Waals surface area (Å²) in [5, 5.41) is 0. The zero-order chi connectivity index (χ0) is 12.3. The fourth-order valence-electron chi connectivity index (χ4n) is 2.27. The molecule has 0 aliphatic carbocycles. The molecule has 1 aromatic carbocycles. The molecule has 1 atom stereocenters. The Kier molecular flexibility index (Phi) is 4.54. The fourth-order valence-corrected chi connectivity index (χ4v) is 2.70. The average Bonchev–Trinajstić information content (AvgIpc) is 2.36. The van der Waals surface area contributed by atoms with E-state index in [2.05, 4.69) is 15.9 Å². The van der Waals surface area contributed by atoms with E-state index in [4.69, 9.17) is 10.5 Å². The minimum absolute atomic E-state index is 0.0806. The lowest BCUT2D eigenvalue weighted by molar-refractivity contribution is 0.0584. The molecule has 0 radical (unpaired) electrons. The lowest BCUT2D eigenvalue weighted by Gasteiger charge is -2.27. The summed E-state index contributed by atoms with van der Waals surface area (Å²) in [7, 11) is 0. The maximum atomic E-state index is 13.4. The molecule has 2 N–H and O–H groups in total. The third-order valence-electron chi connectivity index (χ3n) is 3.36. The van der Waals surface area contributed by atoms with E-state index in [-0.39, 0.29) is 11.9 Å². The Morgan fingerprint density at radius 2 is 2.12 bits per heavy atom. The van der Waals surface area contributed by atoms with Crippen molar-refractivity contribution in [2.45, 2.75) is 25.3 Å². The zero-order valence-corrected chi connectivity index (χ0v) is 11.2. The second-order valence-electron chi connectivity index (χ2n) is 4.53. The van der Waals surface area contributed by atoms with Crippen molar-refractivity contribution in [3.8, 4) is 0 Å². The van der Waals surface area contributed by atoms with Gasteiger partial charge in [-0.3, -0.25) is 0 Å². The molecule has 1 fully saturated rings. The van der Waals surface area contributed by atoms with E-state index in [1.165, 1.54) is 6.07 Å². The molecule has 0 bridgehead atoms. The van der Waals surface area contributed by atoms with Crippen molar-refractivity contribution in [1.82, 2.24) is 0 Å². The van der Waals surface area contributed by atoms with Gasteiger partial charge in [0.05, 0.1) is 4.47 Å². The predicted molar refractivity (Wildman–Crippen MR) is 69.3 cm³/mol. The third kappa shape index (κ3) is 3.27. The smallest absolute Gasteiger partial charge is 0.137 e. The van der Waals surface area contributed by atoms with Crippen LogP contribution in [0.4, 0.5) is 4.39 Å². The van der Waals surface area contributed by atoms with Crippen LogP contribution in [0, 0.1) is 11.7 Å². The number of hydrogen-bond acceptors (Lipinski definition) is 2. The van der Waals surface area contributed by atoms with E-state index in [1.807, 2.05) is 6.07 Å². The van der Waals surface area contributed by atoms with Crippen molar-refractivity contribution in [3.63, 3.8) is 0 Å². The lowest BCUT2D eigenvalue weighted by atomic mass is 9.88. The predicted octanol–water partition coefficient (Wildman–Crippen LogP) is 2.88. The van der Waals surface area contributed by atoms with E-state index in [1.54, 1.807) is 6.07 Å². The second kappa shape index (κ2) is 5.94. The molecule has 17 heavy (non-hydrogen) atoms. The molecule has 1 aliphatic heterocycles. The number of halogens is 2. The Hall–Kier alpha value is -0.450. The molecule has 4 heteroatoms. The van der Waals surface area contributed by atoms with Gasteiger partial charge in [-0.05, 0) is 52.7 Å². The molecule has 0 amide bonds. The topological polar surface area (TPSA) is 35.2 Å². The quantitative estimate of drug-likeness (QED) is 0.932. The molecule has 1 unspecified atom stereocenters. The van der Waals surface area contributed by atoms with Crippen LogP contribution in [0.15, 0.2) is 22.7 Å². The van der Waals surface area contributed by atoms with E-state index in [9.17, 15) is 4.39 Å². The molecule has 2 rings (SSSR count). The summed E-state index contributed by atoms with van der Waals surface area (Å²) >= 11 is 3.28. The molecule has 0 spiro atoms. The monoisotopic (exact) mass is 301 g/mol. The van der Waals surface area contributed by atoms with Gasteiger partial charge in [0, 0.05) is 19.3 Å². The summed E-state index contributed by atoms with van der Waals surface area (Å²) in [4.78, 5) is 0. The van der Waals surface area contributed by atoms with Crippen LogP contribution in [0.2, 0.25) is 0 Å². The molecule has 1 heterocycles. The minimum atomic E-state index is -0.221. The summed E-state index contributed by atoms with van der Waals surface area (Å²) in [5.41, 5.74) is 7.15. The molecule has 2 nitrogen and oxygen atoms in total. The van der Waals surface area contributed by atoms with E-state index < -0.39 is 0 Å². The van der Waals surface area contributed by atoms with Crippen molar-refractivity contribution in [1.29, 1.82) is 0 Å². The number of rotatable bonds is 3. The number of nitrogens with two attached hydrogens (primary N) is 1. The van der Waals surface area contributed by atoms with Crippen molar-refractivity contribution < 1.29 is 9.13 Å². The molecule has 0 aromatic heterocycles.